The molecule has 2 aromatic carbocycles. The first-order valence-electron chi connectivity index (χ1n) is 7.16. The SMILES string of the molecule is COc1ccccc1-c1cc(Nc2ccc(F)c(C)c2)ncn1. The molecule has 0 fully saturated rings. The topological polar surface area (TPSA) is 47.0 Å². The Morgan fingerprint density at radius 3 is 2.65 bits per heavy atom. The second-order valence-corrected chi connectivity index (χ2v) is 5.08. The van der Waals surface area contributed by atoms with Gasteiger partial charge in [0.1, 0.15) is 23.7 Å². The maximum atomic E-state index is 13.3. The second kappa shape index (κ2) is 6.44. The second-order valence-electron chi connectivity index (χ2n) is 5.08. The molecular weight excluding hydrogens is 293 g/mol. The maximum absolute atomic E-state index is 13.3. The van der Waals surface area contributed by atoms with Crippen LogP contribution in [0.5, 0.6) is 5.75 Å². The first-order chi connectivity index (χ1) is 11.2. The highest BCUT2D eigenvalue weighted by molar-refractivity contribution is 5.70. The number of nitrogens with zero attached hydrogens (tertiary/aromatic N) is 2. The Hall–Kier alpha value is -2.95. The zero-order chi connectivity index (χ0) is 16.2. The van der Waals surface area contributed by atoms with Gasteiger partial charge in [0.2, 0.25) is 0 Å². The molecule has 4 nitrogen and oxygen atoms in total. The van der Waals surface area contributed by atoms with E-state index in [1.807, 2.05) is 30.3 Å². The van der Waals surface area contributed by atoms with Gasteiger partial charge in [0.25, 0.3) is 0 Å². The van der Waals surface area contributed by atoms with Gasteiger partial charge in [-0.05, 0) is 42.8 Å². The van der Waals surface area contributed by atoms with Gasteiger partial charge in [0.05, 0.1) is 12.8 Å². The van der Waals surface area contributed by atoms with Crippen LogP contribution in [0.25, 0.3) is 11.3 Å². The summed E-state index contributed by atoms with van der Waals surface area (Å²) in [5.74, 6) is 1.15. The first-order valence-corrected chi connectivity index (χ1v) is 7.16. The van der Waals surface area contributed by atoms with Gasteiger partial charge in [0, 0.05) is 17.3 Å². The van der Waals surface area contributed by atoms with E-state index in [1.54, 1.807) is 26.2 Å². The predicted molar refractivity (Wildman–Crippen MR) is 88.4 cm³/mol. The third kappa shape index (κ3) is 3.29. The van der Waals surface area contributed by atoms with Crippen molar-refractivity contribution in [1.82, 2.24) is 9.97 Å². The Morgan fingerprint density at radius 2 is 1.87 bits per heavy atom. The van der Waals surface area contributed by atoms with Crippen molar-refractivity contribution < 1.29 is 9.13 Å². The zero-order valence-electron chi connectivity index (χ0n) is 12.9. The summed E-state index contributed by atoms with van der Waals surface area (Å²) in [5.41, 5.74) is 2.98. The van der Waals surface area contributed by atoms with Crippen molar-refractivity contribution in [3.8, 4) is 17.0 Å². The number of nitrogens with one attached hydrogen (secondary N) is 1. The summed E-state index contributed by atoms with van der Waals surface area (Å²) in [6, 6.07) is 14.3. The molecule has 0 saturated carbocycles. The number of aromatic nitrogens is 2. The van der Waals surface area contributed by atoms with Crippen LogP contribution in [0, 0.1) is 12.7 Å². The Kier molecular flexibility index (Phi) is 4.19. The normalized spacial score (nSPS) is 10.4. The van der Waals surface area contributed by atoms with Crippen molar-refractivity contribution in [2.24, 2.45) is 0 Å². The van der Waals surface area contributed by atoms with Crippen LogP contribution in [0.15, 0.2) is 54.9 Å². The van der Waals surface area contributed by atoms with Gasteiger partial charge in [-0.2, -0.15) is 0 Å². The number of hydrogen-bond acceptors (Lipinski definition) is 4. The van der Waals surface area contributed by atoms with Crippen molar-refractivity contribution in [3.05, 3.63) is 66.2 Å². The molecule has 0 aliphatic heterocycles. The van der Waals surface area contributed by atoms with E-state index in [2.05, 4.69) is 15.3 Å². The quantitative estimate of drug-likeness (QED) is 0.778. The molecule has 3 rings (SSSR count). The van der Waals surface area contributed by atoms with Crippen molar-refractivity contribution >= 4 is 11.5 Å². The summed E-state index contributed by atoms with van der Waals surface area (Å²) < 4.78 is 18.7. The fourth-order valence-electron chi connectivity index (χ4n) is 2.30. The highest BCUT2D eigenvalue weighted by Crippen LogP contribution is 2.29. The average Bonchev–Trinajstić information content (AvgIpc) is 2.58. The monoisotopic (exact) mass is 309 g/mol. The van der Waals surface area contributed by atoms with Crippen LogP contribution in [-0.2, 0) is 0 Å². The molecule has 1 aromatic heterocycles. The lowest BCUT2D eigenvalue weighted by molar-refractivity contribution is 0.416. The van der Waals surface area contributed by atoms with Crippen LogP contribution in [-0.4, -0.2) is 17.1 Å². The average molecular weight is 309 g/mol. The van der Waals surface area contributed by atoms with E-state index >= 15 is 0 Å². The standard InChI is InChI=1S/C18H16FN3O/c1-12-9-13(7-8-15(12)19)22-18-10-16(20-11-21-18)14-5-3-4-6-17(14)23-2/h3-11H,1-2H3,(H,20,21,22). The fourth-order valence-corrected chi connectivity index (χ4v) is 2.30. The summed E-state index contributed by atoms with van der Waals surface area (Å²) in [4.78, 5) is 8.51. The molecule has 3 aromatic rings. The zero-order valence-corrected chi connectivity index (χ0v) is 12.9. The molecular formula is C18H16FN3O. The van der Waals surface area contributed by atoms with Crippen LogP contribution in [0.3, 0.4) is 0 Å². The minimum atomic E-state index is -0.229. The smallest absolute Gasteiger partial charge is 0.134 e. The molecule has 1 N–H and O–H groups in total. The van der Waals surface area contributed by atoms with E-state index in [4.69, 9.17) is 4.74 Å². The molecule has 0 aliphatic carbocycles. The van der Waals surface area contributed by atoms with Gasteiger partial charge in [-0.1, -0.05) is 12.1 Å². The molecule has 0 bridgehead atoms. The lowest BCUT2D eigenvalue weighted by Gasteiger charge is -2.10. The first kappa shape index (κ1) is 15.0. The van der Waals surface area contributed by atoms with Gasteiger partial charge >= 0.3 is 0 Å². The summed E-state index contributed by atoms with van der Waals surface area (Å²) in [7, 11) is 1.63. The number of hydrogen-bond donors (Lipinski definition) is 1. The number of halogens is 1. The third-order valence-corrected chi connectivity index (χ3v) is 3.48. The van der Waals surface area contributed by atoms with E-state index in [0.717, 1.165) is 22.7 Å². The Bertz CT molecular complexity index is 836. The van der Waals surface area contributed by atoms with E-state index < -0.39 is 0 Å². The molecule has 0 spiro atoms. The van der Waals surface area contributed by atoms with Crippen LogP contribution in [0.2, 0.25) is 0 Å². The molecule has 1 heterocycles. The highest BCUT2D eigenvalue weighted by Gasteiger charge is 2.08. The molecule has 5 heteroatoms. The number of ether oxygens (including phenoxy) is 1. The predicted octanol–water partition coefficient (Wildman–Crippen LogP) is 4.34. The molecule has 0 radical (unpaired) electrons. The molecule has 116 valence electrons. The van der Waals surface area contributed by atoms with Gasteiger partial charge in [-0.3, -0.25) is 0 Å². The lowest BCUT2D eigenvalue weighted by Crippen LogP contribution is -1.97. The van der Waals surface area contributed by atoms with Crippen LogP contribution in [0.1, 0.15) is 5.56 Å². The molecule has 0 amide bonds. The minimum Gasteiger partial charge on any atom is -0.496 e. The van der Waals surface area contributed by atoms with Crippen molar-refractivity contribution in [3.63, 3.8) is 0 Å². The number of aryl methyl sites for hydroxylation is 1. The summed E-state index contributed by atoms with van der Waals surface area (Å²) in [5, 5.41) is 3.16. The van der Waals surface area contributed by atoms with Crippen LogP contribution < -0.4 is 10.1 Å². The van der Waals surface area contributed by atoms with Crippen molar-refractivity contribution in [2.45, 2.75) is 6.92 Å². The van der Waals surface area contributed by atoms with E-state index in [9.17, 15) is 4.39 Å². The van der Waals surface area contributed by atoms with Gasteiger partial charge in [0.15, 0.2) is 0 Å². The number of rotatable bonds is 4. The molecule has 0 aliphatic rings. The Morgan fingerprint density at radius 1 is 1.04 bits per heavy atom. The highest BCUT2D eigenvalue weighted by atomic mass is 19.1. The van der Waals surface area contributed by atoms with Gasteiger partial charge < -0.3 is 10.1 Å². The maximum Gasteiger partial charge on any atom is 0.134 e. The number of anilines is 2. The lowest BCUT2D eigenvalue weighted by atomic mass is 10.1. The van der Waals surface area contributed by atoms with E-state index in [-0.39, 0.29) is 5.82 Å². The molecule has 0 saturated heterocycles. The Labute approximate surface area is 134 Å². The molecule has 0 atom stereocenters. The van der Waals surface area contributed by atoms with Gasteiger partial charge in [-0.25, -0.2) is 14.4 Å². The largest absolute Gasteiger partial charge is 0.496 e. The van der Waals surface area contributed by atoms with Crippen LogP contribution >= 0.6 is 0 Å². The number of methoxy groups -OCH3 is 1. The van der Waals surface area contributed by atoms with E-state index in [0.29, 0.717) is 11.4 Å². The van der Waals surface area contributed by atoms with Crippen LogP contribution in [0.4, 0.5) is 15.9 Å². The molecule has 23 heavy (non-hydrogen) atoms. The summed E-state index contributed by atoms with van der Waals surface area (Å²) in [6.45, 7) is 1.72. The number of para-hydroxylation sites is 1. The summed E-state index contributed by atoms with van der Waals surface area (Å²) in [6.07, 6.45) is 1.49. The fraction of sp³-hybridized carbons (Fsp3) is 0.111. The van der Waals surface area contributed by atoms with E-state index in [1.165, 1.54) is 12.4 Å². The van der Waals surface area contributed by atoms with Crippen molar-refractivity contribution in [2.75, 3.05) is 12.4 Å². The van der Waals surface area contributed by atoms with Gasteiger partial charge in [-0.15, -0.1) is 0 Å². The third-order valence-electron chi connectivity index (χ3n) is 3.48. The molecule has 0 unspecified atom stereocenters. The van der Waals surface area contributed by atoms with Crippen molar-refractivity contribution in [1.29, 1.82) is 0 Å². The Balaban J connectivity index is 1.92. The summed E-state index contributed by atoms with van der Waals surface area (Å²) >= 11 is 0. The minimum absolute atomic E-state index is 0.229. The number of benzene rings is 2.